The largest absolute Gasteiger partial charge is 0.507 e. The van der Waals surface area contributed by atoms with E-state index in [0.717, 1.165) is 23.6 Å². The number of hydrogen-bond donors (Lipinski definition) is 2. The zero-order chi connectivity index (χ0) is 20.2. The van der Waals surface area contributed by atoms with Gasteiger partial charge in [0.2, 0.25) is 0 Å². The van der Waals surface area contributed by atoms with E-state index in [1.807, 2.05) is 19.1 Å². The number of phenols is 1. The monoisotopic (exact) mass is 391 g/mol. The summed E-state index contributed by atoms with van der Waals surface area (Å²) in [5, 5.41) is 24.0. The molecule has 2 bridgehead atoms. The molecular formula is C22H22FN5O. The van der Waals surface area contributed by atoms with Gasteiger partial charge in [-0.25, -0.2) is 9.37 Å². The Labute approximate surface area is 167 Å². The minimum absolute atomic E-state index is 0.0811. The van der Waals surface area contributed by atoms with Crippen molar-refractivity contribution in [3.63, 3.8) is 0 Å². The summed E-state index contributed by atoms with van der Waals surface area (Å²) in [6, 6.07) is 5.35. The fourth-order valence-corrected chi connectivity index (χ4v) is 4.71. The molecule has 7 heteroatoms. The van der Waals surface area contributed by atoms with Gasteiger partial charge < -0.3 is 10.4 Å². The normalized spacial score (nSPS) is 30.2. The Morgan fingerprint density at radius 2 is 2.03 bits per heavy atom. The molecule has 2 aliphatic heterocycles. The number of halogens is 1. The highest BCUT2D eigenvalue weighted by atomic mass is 19.1. The summed E-state index contributed by atoms with van der Waals surface area (Å²) in [6.07, 6.45) is 8.01. The van der Waals surface area contributed by atoms with Crippen molar-refractivity contribution in [3.05, 3.63) is 48.2 Å². The number of nitrogens with zero attached hydrogens (tertiary/aromatic N) is 4. The van der Waals surface area contributed by atoms with Crippen LogP contribution in [0.4, 0.5) is 4.39 Å². The van der Waals surface area contributed by atoms with Gasteiger partial charge in [0.1, 0.15) is 17.6 Å². The smallest absolute Gasteiger partial charge is 0.174 e. The van der Waals surface area contributed by atoms with E-state index in [2.05, 4.69) is 32.4 Å². The van der Waals surface area contributed by atoms with Crippen molar-refractivity contribution in [2.75, 3.05) is 0 Å². The Morgan fingerprint density at radius 3 is 2.83 bits per heavy atom. The third-order valence-electron chi connectivity index (χ3n) is 6.19. The van der Waals surface area contributed by atoms with Gasteiger partial charge in [-0.05, 0) is 68.3 Å². The van der Waals surface area contributed by atoms with Gasteiger partial charge in [-0.15, -0.1) is 10.2 Å². The maximum atomic E-state index is 15.1. The Bertz CT molecular complexity index is 1130. The number of nitrogens with one attached hydrogen (secondary N) is 1. The first-order valence-corrected chi connectivity index (χ1v) is 9.76. The number of hydrogen-bond acceptors (Lipinski definition) is 6. The quantitative estimate of drug-likeness (QED) is 0.691. The summed E-state index contributed by atoms with van der Waals surface area (Å²) >= 11 is 0. The Morgan fingerprint density at radius 1 is 1.17 bits per heavy atom. The number of aromatic hydroxyl groups is 1. The zero-order valence-corrected chi connectivity index (χ0v) is 16.4. The lowest BCUT2D eigenvalue weighted by Gasteiger charge is -2.41. The number of aromatic nitrogens is 4. The van der Waals surface area contributed by atoms with Crippen molar-refractivity contribution in [3.8, 4) is 17.0 Å². The van der Waals surface area contributed by atoms with Crippen LogP contribution in [0.2, 0.25) is 0 Å². The molecule has 2 N–H and O–H groups in total. The van der Waals surface area contributed by atoms with E-state index < -0.39 is 11.7 Å². The number of rotatable bonds is 2. The Hall–Kier alpha value is -2.93. The molecule has 29 heavy (non-hydrogen) atoms. The van der Waals surface area contributed by atoms with E-state index in [1.54, 1.807) is 30.7 Å². The molecule has 4 heterocycles. The number of pyridine rings is 1. The van der Waals surface area contributed by atoms with E-state index in [1.165, 1.54) is 0 Å². The lowest BCUT2D eigenvalue weighted by molar-refractivity contribution is 0.160. The second-order valence-electron chi connectivity index (χ2n) is 8.66. The van der Waals surface area contributed by atoms with Crippen molar-refractivity contribution in [2.45, 2.75) is 50.4 Å². The van der Waals surface area contributed by atoms with Crippen molar-refractivity contribution < 1.29 is 9.50 Å². The molecule has 5 rings (SSSR count). The van der Waals surface area contributed by atoms with Gasteiger partial charge in [0, 0.05) is 28.9 Å². The second-order valence-corrected chi connectivity index (χ2v) is 8.66. The standard InChI is InChI=1S/C22H22FN5O/c1-21-4-5-22(2,28-21)20(23)14(10-21)9-19-25-12-17(26-27-19)16-7-13-3-6-24-11-15(13)8-18(16)29/h3,6-9,11-12,20,28-29H,4-5,10H2,1-2H3/b14-9-/t20-,21-,22+/m0/s1. The SMILES string of the molecule is C[C@@]12CC[C@@](C)(N1)[C@@H](F)/C(=C\c1ncc(-c3cc4ccncc4cc3O)nn1)C2. The second kappa shape index (κ2) is 6.29. The van der Waals surface area contributed by atoms with Gasteiger partial charge in [-0.1, -0.05) is 0 Å². The molecule has 148 valence electrons. The van der Waals surface area contributed by atoms with Crippen LogP contribution >= 0.6 is 0 Å². The molecular weight excluding hydrogens is 369 g/mol. The first-order chi connectivity index (χ1) is 13.9. The number of alkyl halides is 1. The third kappa shape index (κ3) is 3.06. The van der Waals surface area contributed by atoms with Gasteiger partial charge >= 0.3 is 0 Å². The van der Waals surface area contributed by atoms with Crippen LogP contribution in [0.5, 0.6) is 5.75 Å². The average molecular weight is 391 g/mol. The molecule has 2 aliphatic rings. The molecule has 2 aromatic heterocycles. The lowest BCUT2D eigenvalue weighted by atomic mass is 9.83. The third-order valence-corrected chi connectivity index (χ3v) is 6.19. The van der Waals surface area contributed by atoms with Crippen LogP contribution in [0.1, 0.15) is 38.9 Å². The summed E-state index contributed by atoms with van der Waals surface area (Å²) < 4.78 is 15.1. The van der Waals surface area contributed by atoms with Gasteiger partial charge in [0.05, 0.1) is 11.7 Å². The summed E-state index contributed by atoms with van der Waals surface area (Å²) in [7, 11) is 0. The van der Waals surface area contributed by atoms with Crippen LogP contribution in [0.25, 0.3) is 28.1 Å². The van der Waals surface area contributed by atoms with Gasteiger partial charge in [-0.3, -0.25) is 4.98 Å². The molecule has 2 fully saturated rings. The molecule has 0 amide bonds. The molecule has 0 saturated carbocycles. The molecule has 1 aromatic carbocycles. The topological polar surface area (TPSA) is 83.8 Å². The maximum absolute atomic E-state index is 15.1. The van der Waals surface area contributed by atoms with Crippen molar-refractivity contribution >= 4 is 16.8 Å². The molecule has 6 nitrogen and oxygen atoms in total. The molecule has 0 spiro atoms. The van der Waals surface area contributed by atoms with E-state index in [-0.39, 0.29) is 11.3 Å². The molecule has 0 unspecified atom stereocenters. The first kappa shape index (κ1) is 18.1. The highest BCUT2D eigenvalue weighted by molar-refractivity contribution is 5.89. The van der Waals surface area contributed by atoms with Crippen LogP contribution in [-0.4, -0.2) is 42.5 Å². The molecule has 2 saturated heterocycles. The fourth-order valence-electron chi connectivity index (χ4n) is 4.71. The highest BCUT2D eigenvalue weighted by Gasteiger charge is 2.53. The van der Waals surface area contributed by atoms with Crippen LogP contribution in [-0.2, 0) is 0 Å². The highest BCUT2D eigenvalue weighted by Crippen LogP contribution is 2.46. The first-order valence-electron chi connectivity index (χ1n) is 9.76. The average Bonchev–Trinajstić information content (AvgIpc) is 2.98. The van der Waals surface area contributed by atoms with Gasteiger partial charge in [0.25, 0.3) is 0 Å². The number of piperidine rings is 1. The number of phenolic OH excluding ortho intramolecular Hbond substituents is 1. The number of fused-ring (bicyclic) bond motifs is 3. The van der Waals surface area contributed by atoms with Crippen LogP contribution < -0.4 is 5.32 Å². The molecule has 3 atom stereocenters. The summed E-state index contributed by atoms with van der Waals surface area (Å²) in [5.74, 6) is 0.469. The minimum Gasteiger partial charge on any atom is -0.507 e. The molecule has 0 radical (unpaired) electrons. The van der Waals surface area contributed by atoms with E-state index in [0.29, 0.717) is 29.1 Å². The predicted octanol–water partition coefficient (Wildman–Crippen LogP) is 3.82. The van der Waals surface area contributed by atoms with Crippen LogP contribution in [0.15, 0.2) is 42.4 Å². The fraction of sp³-hybridized carbons (Fsp3) is 0.364. The zero-order valence-electron chi connectivity index (χ0n) is 16.4. The van der Waals surface area contributed by atoms with Crippen molar-refractivity contribution in [1.29, 1.82) is 0 Å². The van der Waals surface area contributed by atoms with Crippen molar-refractivity contribution in [2.24, 2.45) is 0 Å². The van der Waals surface area contributed by atoms with Gasteiger partial charge in [0.15, 0.2) is 5.82 Å². The Kier molecular flexibility index (Phi) is 3.93. The lowest BCUT2D eigenvalue weighted by Crippen LogP contribution is -2.57. The summed E-state index contributed by atoms with van der Waals surface area (Å²) in [5.41, 5.74) is 1.11. The van der Waals surface area contributed by atoms with E-state index in [4.69, 9.17) is 0 Å². The summed E-state index contributed by atoms with van der Waals surface area (Å²) in [4.78, 5) is 8.42. The van der Waals surface area contributed by atoms with Crippen LogP contribution in [0, 0.1) is 0 Å². The molecule has 3 aromatic rings. The van der Waals surface area contributed by atoms with Crippen molar-refractivity contribution in [1.82, 2.24) is 25.5 Å². The van der Waals surface area contributed by atoms with Crippen LogP contribution in [0.3, 0.4) is 0 Å². The van der Waals surface area contributed by atoms with Gasteiger partial charge in [-0.2, -0.15) is 0 Å². The Balaban J connectivity index is 1.47. The minimum atomic E-state index is -1.07. The predicted molar refractivity (Wildman–Crippen MR) is 109 cm³/mol. The maximum Gasteiger partial charge on any atom is 0.174 e. The van der Waals surface area contributed by atoms with E-state index >= 15 is 4.39 Å². The molecule has 0 aliphatic carbocycles. The summed E-state index contributed by atoms with van der Waals surface area (Å²) in [6.45, 7) is 4.08. The van der Waals surface area contributed by atoms with E-state index in [9.17, 15) is 5.11 Å². The number of benzene rings is 1.